The van der Waals surface area contributed by atoms with E-state index in [1.807, 2.05) is 0 Å². The van der Waals surface area contributed by atoms with Gasteiger partial charge in [0.25, 0.3) is 0 Å². The molecule has 1 aromatic rings. The molecule has 0 amide bonds. The van der Waals surface area contributed by atoms with Gasteiger partial charge in [0.05, 0.1) is 16.9 Å². The van der Waals surface area contributed by atoms with Gasteiger partial charge >= 0.3 is 5.97 Å². The van der Waals surface area contributed by atoms with Crippen LogP contribution in [0.1, 0.15) is 36.0 Å². The van der Waals surface area contributed by atoms with Crippen molar-refractivity contribution in [1.82, 2.24) is 0 Å². The summed E-state index contributed by atoms with van der Waals surface area (Å²) < 4.78 is 13.7. The van der Waals surface area contributed by atoms with Crippen molar-refractivity contribution in [2.45, 2.75) is 25.7 Å². The normalized spacial score (nSPS) is 18.3. The number of nitrogens with one attached hydrogen (secondary N) is 1. The second-order valence-corrected chi connectivity index (χ2v) is 5.94. The number of benzene rings is 1. The molecule has 0 radical (unpaired) electrons. The number of carboxylic acid groups (broad SMARTS) is 1. The first-order valence-corrected chi connectivity index (χ1v) is 7.12. The molecule has 0 aromatic heterocycles. The van der Waals surface area contributed by atoms with Gasteiger partial charge in [-0.05, 0) is 55.6 Å². The molecule has 0 unspecified atom stereocenters. The summed E-state index contributed by atoms with van der Waals surface area (Å²) in [6, 6.07) is 2.37. The molecule has 5 heteroatoms. The van der Waals surface area contributed by atoms with E-state index in [4.69, 9.17) is 10.8 Å². The lowest BCUT2D eigenvalue weighted by Crippen LogP contribution is -2.19. The number of carboxylic acids is 1. The zero-order valence-electron chi connectivity index (χ0n) is 11.2. The molecule has 0 spiro atoms. The topological polar surface area (TPSA) is 75.4 Å². The molecule has 20 heavy (non-hydrogen) atoms. The lowest BCUT2D eigenvalue weighted by atomic mass is 9.98. The predicted molar refractivity (Wildman–Crippen MR) is 75.2 cm³/mol. The third-order valence-corrected chi connectivity index (χ3v) is 4.35. The quantitative estimate of drug-likeness (QED) is 0.699. The number of nitrogens with two attached hydrogens (primary N) is 1. The van der Waals surface area contributed by atoms with Crippen LogP contribution in [0.15, 0.2) is 12.1 Å². The van der Waals surface area contributed by atoms with Gasteiger partial charge in [0.15, 0.2) is 0 Å². The summed E-state index contributed by atoms with van der Waals surface area (Å²) in [7, 11) is 0. The zero-order chi connectivity index (χ0) is 14.3. The first-order valence-electron chi connectivity index (χ1n) is 7.12. The molecular weight excluding hydrogens is 259 g/mol. The molecule has 2 aliphatic rings. The lowest BCUT2D eigenvalue weighted by Gasteiger charge is -2.18. The van der Waals surface area contributed by atoms with Crippen molar-refractivity contribution in [3.05, 3.63) is 23.5 Å². The van der Waals surface area contributed by atoms with E-state index >= 15 is 0 Å². The SMILES string of the molecule is Nc1cc(C(=O)O)c(F)cc1NCC(C1CC1)C1CC1. The molecule has 108 valence electrons. The van der Waals surface area contributed by atoms with Crippen molar-refractivity contribution >= 4 is 17.3 Å². The fourth-order valence-electron chi connectivity index (χ4n) is 2.90. The van der Waals surface area contributed by atoms with Crippen LogP contribution in [0.25, 0.3) is 0 Å². The van der Waals surface area contributed by atoms with Crippen molar-refractivity contribution in [3.8, 4) is 0 Å². The van der Waals surface area contributed by atoms with Gasteiger partial charge in [0, 0.05) is 6.54 Å². The van der Waals surface area contributed by atoms with Crippen LogP contribution >= 0.6 is 0 Å². The molecule has 1 aromatic carbocycles. The Morgan fingerprint density at radius 3 is 2.45 bits per heavy atom. The maximum Gasteiger partial charge on any atom is 0.338 e. The van der Waals surface area contributed by atoms with Gasteiger partial charge in [-0.1, -0.05) is 0 Å². The zero-order valence-corrected chi connectivity index (χ0v) is 11.2. The minimum atomic E-state index is -1.30. The number of hydrogen-bond donors (Lipinski definition) is 3. The summed E-state index contributed by atoms with van der Waals surface area (Å²) in [5.41, 5.74) is 6.21. The maximum absolute atomic E-state index is 13.7. The fraction of sp³-hybridized carbons (Fsp3) is 0.533. The Hall–Kier alpha value is -1.78. The van der Waals surface area contributed by atoms with Gasteiger partial charge in [-0.15, -0.1) is 0 Å². The van der Waals surface area contributed by atoms with E-state index in [0.717, 1.165) is 18.4 Å². The Kier molecular flexibility index (Phi) is 3.28. The van der Waals surface area contributed by atoms with Gasteiger partial charge < -0.3 is 16.2 Å². The molecule has 2 aliphatic carbocycles. The van der Waals surface area contributed by atoms with Crippen LogP contribution in [0.4, 0.5) is 15.8 Å². The third-order valence-electron chi connectivity index (χ3n) is 4.35. The average Bonchev–Trinajstić information content (AvgIpc) is 3.25. The van der Waals surface area contributed by atoms with Crippen LogP contribution in [0, 0.1) is 23.6 Å². The maximum atomic E-state index is 13.7. The molecule has 0 aliphatic heterocycles. The van der Waals surface area contributed by atoms with E-state index < -0.39 is 11.8 Å². The number of halogens is 1. The summed E-state index contributed by atoms with van der Waals surface area (Å²) in [5.74, 6) is 0.216. The van der Waals surface area contributed by atoms with Crippen LogP contribution in [-0.4, -0.2) is 17.6 Å². The van der Waals surface area contributed by atoms with Crippen LogP contribution in [0.2, 0.25) is 0 Å². The molecule has 4 nitrogen and oxygen atoms in total. The molecule has 0 bridgehead atoms. The standard InChI is InChI=1S/C15H19FN2O2/c16-12-6-14(13(17)5-10(12)15(19)20)18-7-11(8-1-2-8)9-3-4-9/h5-6,8-9,11,18H,1-4,7,17H2,(H,19,20). The van der Waals surface area contributed by atoms with E-state index in [1.165, 1.54) is 37.8 Å². The first kappa shape index (κ1) is 13.2. The monoisotopic (exact) mass is 278 g/mol. The van der Waals surface area contributed by atoms with Crippen molar-refractivity contribution in [1.29, 1.82) is 0 Å². The van der Waals surface area contributed by atoms with E-state index in [2.05, 4.69) is 5.32 Å². The number of anilines is 2. The second-order valence-electron chi connectivity index (χ2n) is 5.94. The Bertz CT molecular complexity index is 527. The van der Waals surface area contributed by atoms with Gasteiger partial charge in [0.2, 0.25) is 0 Å². The summed E-state index contributed by atoms with van der Waals surface area (Å²) in [4.78, 5) is 10.8. The molecule has 2 saturated carbocycles. The van der Waals surface area contributed by atoms with E-state index in [9.17, 15) is 9.18 Å². The Morgan fingerprint density at radius 2 is 1.95 bits per heavy atom. The molecule has 2 fully saturated rings. The van der Waals surface area contributed by atoms with Gasteiger partial charge in [-0.3, -0.25) is 0 Å². The van der Waals surface area contributed by atoms with E-state index in [1.54, 1.807) is 0 Å². The Balaban J connectivity index is 1.70. The van der Waals surface area contributed by atoms with Crippen molar-refractivity contribution < 1.29 is 14.3 Å². The summed E-state index contributed by atoms with van der Waals surface area (Å²) in [6.07, 6.45) is 5.19. The van der Waals surface area contributed by atoms with E-state index in [-0.39, 0.29) is 11.3 Å². The third kappa shape index (κ3) is 2.71. The molecule has 3 rings (SSSR count). The largest absolute Gasteiger partial charge is 0.478 e. The molecule has 4 N–H and O–H groups in total. The van der Waals surface area contributed by atoms with Gasteiger partial charge in [-0.25, -0.2) is 9.18 Å². The molecule has 0 atom stereocenters. The van der Waals surface area contributed by atoms with E-state index in [0.29, 0.717) is 11.6 Å². The molecule has 0 saturated heterocycles. The van der Waals surface area contributed by atoms with Gasteiger partial charge in [0.1, 0.15) is 5.82 Å². The Labute approximate surface area is 117 Å². The second kappa shape index (κ2) is 4.96. The summed E-state index contributed by atoms with van der Waals surface area (Å²) in [6.45, 7) is 0.797. The van der Waals surface area contributed by atoms with Crippen molar-refractivity contribution in [2.24, 2.45) is 17.8 Å². The number of carbonyl (C=O) groups is 1. The minimum Gasteiger partial charge on any atom is -0.478 e. The molecule has 0 heterocycles. The Morgan fingerprint density at radius 1 is 1.35 bits per heavy atom. The minimum absolute atomic E-state index is 0.286. The predicted octanol–water partition coefficient (Wildman–Crippen LogP) is 2.95. The molecular formula is C15H19FN2O2. The number of nitrogen functional groups attached to an aromatic ring is 1. The highest BCUT2D eigenvalue weighted by Crippen LogP contribution is 2.49. The summed E-state index contributed by atoms with van der Waals surface area (Å²) >= 11 is 0. The van der Waals surface area contributed by atoms with Gasteiger partial charge in [-0.2, -0.15) is 0 Å². The lowest BCUT2D eigenvalue weighted by molar-refractivity contribution is 0.0692. The number of hydrogen-bond acceptors (Lipinski definition) is 3. The van der Waals surface area contributed by atoms with Crippen molar-refractivity contribution in [3.63, 3.8) is 0 Å². The number of rotatable bonds is 6. The highest BCUT2D eigenvalue weighted by Gasteiger charge is 2.41. The summed E-state index contributed by atoms with van der Waals surface area (Å²) in [5, 5.41) is 12.0. The first-order chi connectivity index (χ1) is 9.56. The van der Waals surface area contributed by atoms with Crippen LogP contribution in [0.5, 0.6) is 0 Å². The average molecular weight is 278 g/mol. The van der Waals surface area contributed by atoms with Crippen LogP contribution in [-0.2, 0) is 0 Å². The number of aromatic carboxylic acids is 1. The fourth-order valence-corrected chi connectivity index (χ4v) is 2.90. The van der Waals surface area contributed by atoms with Crippen LogP contribution in [0.3, 0.4) is 0 Å². The highest BCUT2D eigenvalue weighted by atomic mass is 19.1. The van der Waals surface area contributed by atoms with Crippen molar-refractivity contribution in [2.75, 3.05) is 17.6 Å². The highest BCUT2D eigenvalue weighted by molar-refractivity contribution is 5.90. The van der Waals surface area contributed by atoms with Crippen LogP contribution < -0.4 is 11.1 Å². The smallest absolute Gasteiger partial charge is 0.338 e.